The maximum absolute atomic E-state index is 5.87. The summed E-state index contributed by atoms with van der Waals surface area (Å²) in [5.41, 5.74) is 2.67. The number of ether oxygens (including phenoxy) is 1. The maximum Gasteiger partial charge on any atom is 0.124 e. The van der Waals surface area contributed by atoms with E-state index in [-0.39, 0.29) is 6.10 Å². The zero-order chi connectivity index (χ0) is 18.6. The predicted octanol–water partition coefficient (Wildman–Crippen LogP) is 4.46. The van der Waals surface area contributed by atoms with Crippen molar-refractivity contribution in [3.8, 4) is 0 Å². The number of aromatic nitrogens is 4. The fraction of sp³-hybridized carbons (Fsp3) is 0.143. The van der Waals surface area contributed by atoms with E-state index in [2.05, 4.69) is 34.9 Å². The lowest BCUT2D eigenvalue weighted by Crippen LogP contribution is -2.14. The monoisotopic (exact) mass is 348 g/mol. The molecule has 0 bridgehead atoms. The fourth-order valence-corrected chi connectivity index (χ4v) is 2.19. The van der Waals surface area contributed by atoms with Gasteiger partial charge >= 0.3 is 0 Å². The predicted molar refractivity (Wildman–Crippen MR) is 106 cm³/mol. The van der Waals surface area contributed by atoms with E-state index in [4.69, 9.17) is 4.74 Å². The molecule has 5 heteroatoms. The SMILES string of the molecule is C=C/C=C\C=C\OC(CCn1ccnc1)C(=C)/C=C\C(=C)c1cn[nH]c1. The zero-order valence-corrected chi connectivity index (χ0v) is 14.8. The molecule has 2 aromatic rings. The van der Waals surface area contributed by atoms with Crippen molar-refractivity contribution in [3.05, 3.63) is 105 Å². The number of hydrogen-bond donors (Lipinski definition) is 1. The number of hydrogen-bond acceptors (Lipinski definition) is 3. The molecule has 134 valence electrons. The fourth-order valence-electron chi connectivity index (χ4n) is 2.19. The third-order valence-corrected chi connectivity index (χ3v) is 3.67. The summed E-state index contributed by atoms with van der Waals surface area (Å²) in [7, 11) is 0. The Kier molecular flexibility index (Phi) is 7.68. The summed E-state index contributed by atoms with van der Waals surface area (Å²) >= 11 is 0. The van der Waals surface area contributed by atoms with E-state index in [0.717, 1.165) is 29.7 Å². The Morgan fingerprint density at radius 3 is 2.85 bits per heavy atom. The van der Waals surface area contributed by atoms with E-state index in [1.165, 1.54) is 0 Å². The number of allylic oxidation sites excluding steroid dienone is 6. The van der Waals surface area contributed by atoms with E-state index in [0.29, 0.717) is 0 Å². The van der Waals surface area contributed by atoms with Crippen LogP contribution in [0, 0.1) is 0 Å². The third kappa shape index (κ3) is 6.28. The Hall–Kier alpha value is -3.34. The molecule has 0 fully saturated rings. The van der Waals surface area contributed by atoms with E-state index < -0.39 is 0 Å². The molecule has 0 saturated heterocycles. The van der Waals surface area contributed by atoms with Crippen molar-refractivity contribution >= 4 is 5.57 Å². The molecule has 0 saturated carbocycles. The first-order chi connectivity index (χ1) is 12.7. The van der Waals surface area contributed by atoms with Gasteiger partial charge in [-0.15, -0.1) is 0 Å². The Bertz CT molecular complexity index is 780. The molecule has 1 unspecified atom stereocenters. The summed E-state index contributed by atoms with van der Waals surface area (Å²) in [6.07, 6.45) is 22.4. The van der Waals surface area contributed by atoms with Gasteiger partial charge in [-0.2, -0.15) is 5.10 Å². The quantitative estimate of drug-likeness (QED) is 0.482. The first kappa shape index (κ1) is 19.0. The van der Waals surface area contributed by atoms with Crippen molar-refractivity contribution in [3.63, 3.8) is 0 Å². The minimum Gasteiger partial charge on any atom is -0.493 e. The van der Waals surface area contributed by atoms with Gasteiger partial charge in [-0.05, 0) is 17.2 Å². The van der Waals surface area contributed by atoms with E-state index in [9.17, 15) is 0 Å². The van der Waals surface area contributed by atoms with E-state index >= 15 is 0 Å². The Labute approximate surface area is 154 Å². The Morgan fingerprint density at radius 1 is 1.27 bits per heavy atom. The van der Waals surface area contributed by atoms with Gasteiger partial charge in [-0.1, -0.05) is 50.1 Å². The highest BCUT2D eigenvalue weighted by molar-refractivity contribution is 5.71. The minimum atomic E-state index is -0.154. The van der Waals surface area contributed by atoms with Gasteiger partial charge in [-0.3, -0.25) is 5.10 Å². The zero-order valence-electron chi connectivity index (χ0n) is 14.8. The largest absolute Gasteiger partial charge is 0.493 e. The van der Waals surface area contributed by atoms with Gasteiger partial charge in [0, 0.05) is 37.1 Å². The van der Waals surface area contributed by atoms with Crippen LogP contribution in [0.5, 0.6) is 0 Å². The molecule has 0 aliphatic carbocycles. The van der Waals surface area contributed by atoms with Crippen molar-refractivity contribution < 1.29 is 4.74 Å². The molecule has 1 atom stereocenters. The first-order valence-electron chi connectivity index (χ1n) is 8.31. The van der Waals surface area contributed by atoms with Gasteiger partial charge in [0.15, 0.2) is 0 Å². The van der Waals surface area contributed by atoms with Crippen LogP contribution in [0.2, 0.25) is 0 Å². The molecule has 2 heterocycles. The molecule has 2 rings (SSSR count). The van der Waals surface area contributed by atoms with Crippen molar-refractivity contribution in [1.82, 2.24) is 19.7 Å². The second-order valence-corrected chi connectivity index (χ2v) is 5.58. The topological polar surface area (TPSA) is 55.7 Å². The van der Waals surface area contributed by atoms with Crippen LogP contribution in [-0.4, -0.2) is 25.9 Å². The summed E-state index contributed by atoms with van der Waals surface area (Å²) in [5, 5.41) is 6.71. The molecule has 0 spiro atoms. The second kappa shape index (κ2) is 10.5. The molecular weight excluding hydrogens is 324 g/mol. The Morgan fingerprint density at radius 2 is 2.15 bits per heavy atom. The van der Waals surface area contributed by atoms with Crippen LogP contribution in [0.3, 0.4) is 0 Å². The number of H-pyrrole nitrogens is 1. The number of nitrogens with one attached hydrogen (secondary N) is 1. The summed E-state index contributed by atoms with van der Waals surface area (Å²) in [6.45, 7) is 12.6. The lowest BCUT2D eigenvalue weighted by atomic mass is 10.1. The molecule has 0 aromatic carbocycles. The van der Waals surface area contributed by atoms with Crippen LogP contribution >= 0.6 is 0 Å². The molecular formula is C21H24N4O. The van der Waals surface area contributed by atoms with Gasteiger partial charge in [-0.25, -0.2) is 4.98 Å². The standard InChI is InChI=1S/C21H24N4O/c1-4-5-6-7-14-26-21(10-12-25-13-11-22-17-25)19(3)9-8-18(2)20-15-23-24-16-20/h4-9,11,13-17,21H,1-3,10,12H2,(H,23,24)/b6-5-,9-8-,14-7+. The number of nitrogens with zero attached hydrogens (tertiary/aromatic N) is 3. The van der Waals surface area contributed by atoms with Crippen LogP contribution in [0.1, 0.15) is 12.0 Å². The first-order valence-corrected chi connectivity index (χ1v) is 8.31. The van der Waals surface area contributed by atoms with Gasteiger partial charge in [0.2, 0.25) is 0 Å². The van der Waals surface area contributed by atoms with Gasteiger partial charge in [0.1, 0.15) is 6.10 Å². The van der Waals surface area contributed by atoms with Crippen molar-refractivity contribution in [1.29, 1.82) is 0 Å². The average molecular weight is 348 g/mol. The van der Waals surface area contributed by atoms with Crippen molar-refractivity contribution in [2.75, 3.05) is 0 Å². The lowest BCUT2D eigenvalue weighted by molar-refractivity contribution is 0.165. The number of aromatic amines is 1. The smallest absolute Gasteiger partial charge is 0.124 e. The van der Waals surface area contributed by atoms with Crippen LogP contribution < -0.4 is 0 Å². The minimum absolute atomic E-state index is 0.154. The molecule has 1 N–H and O–H groups in total. The van der Waals surface area contributed by atoms with Crippen LogP contribution in [0.15, 0.2) is 99.1 Å². The molecule has 2 aromatic heterocycles. The van der Waals surface area contributed by atoms with Crippen LogP contribution in [0.4, 0.5) is 0 Å². The van der Waals surface area contributed by atoms with Gasteiger partial charge < -0.3 is 9.30 Å². The summed E-state index contributed by atoms with van der Waals surface area (Å²) in [6, 6.07) is 0. The molecule has 0 radical (unpaired) electrons. The molecule has 0 aliphatic rings. The Balaban J connectivity index is 1.98. The van der Waals surface area contributed by atoms with Crippen LogP contribution in [0.25, 0.3) is 5.57 Å². The number of rotatable bonds is 11. The normalized spacial score (nSPS) is 12.8. The summed E-state index contributed by atoms with van der Waals surface area (Å²) < 4.78 is 7.89. The highest BCUT2D eigenvalue weighted by Gasteiger charge is 2.11. The van der Waals surface area contributed by atoms with Crippen molar-refractivity contribution in [2.24, 2.45) is 0 Å². The maximum atomic E-state index is 5.87. The molecule has 0 aliphatic heterocycles. The number of aryl methyl sites for hydroxylation is 1. The van der Waals surface area contributed by atoms with Gasteiger partial charge in [0.25, 0.3) is 0 Å². The highest BCUT2D eigenvalue weighted by atomic mass is 16.5. The van der Waals surface area contributed by atoms with Crippen LogP contribution in [-0.2, 0) is 11.3 Å². The lowest BCUT2D eigenvalue weighted by Gasteiger charge is -2.17. The third-order valence-electron chi connectivity index (χ3n) is 3.67. The van der Waals surface area contributed by atoms with Gasteiger partial charge in [0.05, 0.1) is 18.8 Å². The second-order valence-electron chi connectivity index (χ2n) is 5.58. The van der Waals surface area contributed by atoms with E-state index in [1.807, 2.05) is 41.1 Å². The van der Waals surface area contributed by atoms with E-state index in [1.54, 1.807) is 37.3 Å². The number of imidazole rings is 1. The summed E-state index contributed by atoms with van der Waals surface area (Å²) in [4.78, 5) is 4.06. The summed E-state index contributed by atoms with van der Waals surface area (Å²) in [5.74, 6) is 0. The van der Waals surface area contributed by atoms with Crippen molar-refractivity contribution in [2.45, 2.75) is 19.1 Å². The average Bonchev–Trinajstić information content (AvgIpc) is 3.35. The highest BCUT2D eigenvalue weighted by Crippen LogP contribution is 2.17. The molecule has 0 amide bonds. The molecule has 5 nitrogen and oxygen atoms in total. The molecule has 26 heavy (non-hydrogen) atoms.